The van der Waals surface area contributed by atoms with Gasteiger partial charge in [0, 0.05) is 17.6 Å². The molecule has 3 rings (SSSR count). The SMILES string of the molecule is CCc1ccc(NC(=O)COC(=O)CCNC(=O)c2n[nH]c3ccccc23)cc1. The van der Waals surface area contributed by atoms with E-state index >= 15 is 0 Å². The van der Waals surface area contributed by atoms with E-state index in [0.717, 1.165) is 11.9 Å². The summed E-state index contributed by atoms with van der Waals surface area (Å²) in [6, 6.07) is 14.7. The minimum absolute atomic E-state index is 0.0490. The molecule has 0 aliphatic heterocycles. The summed E-state index contributed by atoms with van der Waals surface area (Å²) in [7, 11) is 0. The third-order valence-corrected chi connectivity index (χ3v) is 4.31. The predicted molar refractivity (Wildman–Crippen MR) is 108 cm³/mol. The molecule has 2 aromatic carbocycles. The van der Waals surface area contributed by atoms with Crippen LogP contribution >= 0.6 is 0 Å². The smallest absolute Gasteiger partial charge is 0.308 e. The molecule has 0 aliphatic carbocycles. The van der Waals surface area contributed by atoms with Crippen LogP contribution in [0.25, 0.3) is 10.9 Å². The highest BCUT2D eigenvalue weighted by Crippen LogP contribution is 2.14. The molecular weight excluding hydrogens is 372 g/mol. The zero-order valence-electron chi connectivity index (χ0n) is 16.0. The van der Waals surface area contributed by atoms with Crippen LogP contribution in [0, 0.1) is 0 Å². The molecule has 0 atom stereocenters. The van der Waals surface area contributed by atoms with Gasteiger partial charge in [-0.3, -0.25) is 19.5 Å². The molecule has 1 aromatic heterocycles. The second-order valence-corrected chi connectivity index (χ2v) is 6.38. The fraction of sp³-hybridized carbons (Fsp3) is 0.238. The molecule has 8 nitrogen and oxygen atoms in total. The van der Waals surface area contributed by atoms with Crippen molar-refractivity contribution in [2.45, 2.75) is 19.8 Å². The summed E-state index contributed by atoms with van der Waals surface area (Å²) in [5.74, 6) is -1.38. The van der Waals surface area contributed by atoms with Gasteiger partial charge in [0.05, 0.1) is 11.9 Å². The Balaban J connectivity index is 1.38. The van der Waals surface area contributed by atoms with Crippen molar-refractivity contribution in [2.75, 3.05) is 18.5 Å². The molecular formula is C21H22N4O4. The van der Waals surface area contributed by atoms with Gasteiger partial charge in [-0.2, -0.15) is 5.10 Å². The summed E-state index contributed by atoms with van der Waals surface area (Å²) in [5.41, 5.74) is 2.83. The highest BCUT2D eigenvalue weighted by atomic mass is 16.5. The monoisotopic (exact) mass is 394 g/mol. The Bertz CT molecular complexity index is 1010. The van der Waals surface area contributed by atoms with Crippen LogP contribution in [0.15, 0.2) is 48.5 Å². The van der Waals surface area contributed by atoms with Crippen molar-refractivity contribution in [1.82, 2.24) is 15.5 Å². The van der Waals surface area contributed by atoms with Gasteiger partial charge < -0.3 is 15.4 Å². The summed E-state index contributed by atoms with van der Waals surface area (Å²) >= 11 is 0. The summed E-state index contributed by atoms with van der Waals surface area (Å²) in [5, 5.41) is 12.8. The number of aromatic nitrogens is 2. The van der Waals surface area contributed by atoms with Crippen LogP contribution in [0.1, 0.15) is 29.4 Å². The molecule has 150 valence electrons. The minimum atomic E-state index is -0.575. The Kier molecular flexibility index (Phi) is 6.57. The van der Waals surface area contributed by atoms with Crippen molar-refractivity contribution >= 4 is 34.4 Å². The third-order valence-electron chi connectivity index (χ3n) is 4.31. The van der Waals surface area contributed by atoms with Gasteiger partial charge in [-0.1, -0.05) is 37.3 Å². The molecule has 0 aliphatic rings. The number of anilines is 1. The number of fused-ring (bicyclic) bond motifs is 1. The number of carbonyl (C=O) groups excluding carboxylic acids is 3. The highest BCUT2D eigenvalue weighted by molar-refractivity contribution is 6.04. The number of aryl methyl sites for hydroxylation is 1. The number of rotatable bonds is 8. The van der Waals surface area contributed by atoms with Crippen LogP contribution in [0.5, 0.6) is 0 Å². The average Bonchev–Trinajstić information content (AvgIpc) is 3.17. The molecule has 0 unspecified atom stereocenters. The molecule has 0 bridgehead atoms. The second-order valence-electron chi connectivity index (χ2n) is 6.38. The number of nitrogens with zero attached hydrogens (tertiary/aromatic N) is 1. The lowest BCUT2D eigenvalue weighted by atomic mass is 10.1. The number of ether oxygens (including phenoxy) is 1. The first-order valence-corrected chi connectivity index (χ1v) is 9.32. The largest absolute Gasteiger partial charge is 0.456 e. The molecule has 3 aromatic rings. The average molecular weight is 394 g/mol. The van der Waals surface area contributed by atoms with Gasteiger partial charge in [0.2, 0.25) is 0 Å². The van der Waals surface area contributed by atoms with E-state index < -0.39 is 11.9 Å². The number of carbonyl (C=O) groups is 3. The van der Waals surface area contributed by atoms with E-state index in [1.165, 1.54) is 5.56 Å². The number of esters is 1. The maximum atomic E-state index is 12.2. The van der Waals surface area contributed by atoms with Crippen molar-refractivity contribution in [3.63, 3.8) is 0 Å². The molecule has 0 saturated carbocycles. The van der Waals surface area contributed by atoms with Crippen LogP contribution < -0.4 is 10.6 Å². The summed E-state index contributed by atoms with van der Waals surface area (Å²) in [4.78, 5) is 35.9. The standard InChI is InChI=1S/C21H22N4O4/c1-2-14-7-9-15(10-8-14)23-18(26)13-29-19(27)11-12-22-21(28)20-16-5-3-4-6-17(16)24-25-20/h3-10H,2,11-13H2,1H3,(H,22,28)(H,23,26)(H,24,25). The summed E-state index contributed by atoms with van der Waals surface area (Å²) in [6.07, 6.45) is 0.866. The Morgan fingerprint density at radius 3 is 2.59 bits per heavy atom. The van der Waals surface area contributed by atoms with Gasteiger partial charge >= 0.3 is 5.97 Å². The Morgan fingerprint density at radius 2 is 1.83 bits per heavy atom. The molecule has 0 saturated heterocycles. The number of hydrogen-bond donors (Lipinski definition) is 3. The lowest BCUT2D eigenvalue weighted by Gasteiger charge is -2.07. The third kappa shape index (κ3) is 5.41. The van der Waals surface area contributed by atoms with Crippen LogP contribution in [-0.2, 0) is 20.7 Å². The van der Waals surface area contributed by atoms with Crippen molar-refractivity contribution in [3.8, 4) is 0 Å². The van der Waals surface area contributed by atoms with Crippen LogP contribution in [0.3, 0.4) is 0 Å². The second kappa shape index (κ2) is 9.50. The zero-order chi connectivity index (χ0) is 20.6. The number of nitrogens with one attached hydrogen (secondary N) is 3. The molecule has 0 spiro atoms. The normalized spacial score (nSPS) is 10.5. The number of aromatic amines is 1. The summed E-state index contributed by atoms with van der Waals surface area (Å²) in [6.45, 7) is 1.75. The van der Waals surface area contributed by atoms with Gasteiger partial charge in [0.15, 0.2) is 12.3 Å². The highest BCUT2D eigenvalue weighted by Gasteiger charge is 2.14. The lowest BCUT2D eigenvalue weighted by Crippen LogP contribution is -2.28. The van der Waals surface area contributed by atoms with Gasteiger partial charge in [0.1, 0.15) is 0 Å². The molecule has 1 heterocycles. The number of H-pyrrole nitrogens is 1. The number of hydrogen-bond acceptors (Lipinski definition) is 5. The van der Waals surface area contributed by atoms with E-state index in [1.807, 2.05) is 37.3 Å². The van der Waals surface area contributed by atoms with E-state index in [0.29, 0.717) is 11.1 Å². The van der Waals surface area contributed by atoms with Crippen LogP contribution in [-0.4, -0.2) is 41.1 Å². The first-order chi connectivity index (χ1) is 14.1. The van der Waals surface area contributed by atoms with Crippen molar-refractivity contribution in [1.29, 1.82) is 0 Å². The Morgan fingerprint density at radius 1 is 1.07 bits per heavy atom. The Labute approximate surface area is 167 Å². The fourth-order valence-corrected chi connectivity index (χ4v) is 2.74. The number of para-hydroxylation sites is 1. The van der Waals surface area contributed by atoms with E-state index in [2.05, 4.69) is 20.8 Å². The van der Waals surface area contributed by atoms with E-state index in [1.54, 1.807) is 18.2 Å². The first-order valence-electron chi connectivity index (χ1n) is 9.32. The van der Waals surface area contributed by atoms with Gasteiger partial charge in [-0.15, -0.1) is 0 Å². The summed E-state index contributed by atoms with van der Waals surface area (Å²) < 4.78 is 4.94. The molecule has 0 radical (unpaired) electrons. The van der Waals surface area contributed by atoms with Gasteiger partial charge in [-0.25, -0.2) is 0 Å². The van der Waals surface area contributed by atoms with E-state index in [4.69, 9.17) is 4.74 Å². The predicted octanol–water partition coefficient (Wildman–Crippen LogP) is 2.43. The first kappa shape index (κ1) is 20.1. The van der Waals surface area contributed by atoms with Crippen molar-refractivity contribution in [3.05, 3.63) is 59.8 Å². The quantitative estimate of drug-likeness (QED) is 0.508. The molecule has 3 N–H and O–H groups in total. The van der Waals surface area contributed by atoms with Gasteiger partial charge in [-0.05, 0) is 30.2 Å². The minimum Gasteiger partial charge on any atom is -0.456 e. The van der Waals surface area contributed by atoms with E-state index in [-0.39, 0.29) is 31.2 Å². The van der Waals surface area contributed by atoms with Crippen molar-refractivity contribution < 1.29 is 19.1 Å². The van der Waals surface area contributed by atoms with Crippen LogP contribution in [0.2, 0.25) is 0 Å². The van der Waals surface area contributed by atoms with E-state index in [9.17, 15) is 14.4 Å². The maximum Gasteiger partial charge on any atom is 0.308 e. The lowest BCUT2D eigenvalue weighted by molar-refractivity contribution is -0.147. The fourth-order valence-electron chi connectivity index (χ4n) is 2.74. The van der Waals surface area contributed by atoms with Crippen molar-refractivity contribution in [2.24, 2.45) is 0 Å². The molecule has 2 amide bonds. The molecule has 0 fully saturated rings. The number of benzene rings is 2. The maximum absolute atomic E-state index is 12.2. The Hall–Kier alpha value is -3.68. The van der Waals surface area contributed by atoms with Crippen LogP contribution in [0.4, 0.5) is 5.69 Å². The molecule has 8 heteroatoms. The topological polar surface area (TPSA) is 113 Å². The van der Waals surface area contributed by atoms with Gasteiger partial charge in [0.25, 0.3) is 11.8 Å². The number of amides is 2. The molecule has 29 heavy (non-hydrogen) atoms. The zero-order valence-corrected chi connectivity index (χ0v) is 16.0.